The van der Waals surface area contributed by atoms with E-state index in [1.807, 2.05) is 12.1 Å². The highest BCUT2D eigenvalue weighted by atomic mass is 79.9. The van der Waals surface area contributed by atoms with E-state index in [0.717, 1.165) is 29.7 Å². The maximum absolute atomic E-state index is 12.9. The van der Waals surface area contributed by atoms with Crippen molar-refractivity contribution < 1.29 is 4.39 Å². The van der Waals surface area contributed by atoms with Gasteiger partial charge >= 0.3 is 0 Å². The Kier molecular flexibility index (Phi) is 3.56. The minimum absolute atomic E-state index is 0.174. The first-order chi connectivity index (χ1) is 9.22. The zero-order valence-electron chi connectivity index (χ0n) is 10.5. The Labute approximate surface area is 121 Å². The highest BCUT2D eigenvalue weighted by Gasteiger charge is 2.23. The smallest absolute Gasteiger partial charge is 0.123 e. The number of hydrogen-bond donors (Lipinski definition) is 0. The lowest BCUT2D eigenvalue weighted by molar-refractivity contribution is 0.627. The zero-order valence-corrected chi connectivity index (χ0v) is 12.1. The third-order valence-corrected chi connectivity index (χ3v) is 4.25. The maximum Gasteiger partial charge on any atom is 0.123 e. The second kappa shape index (κ2) is 5.33. The van der Waals surface area contributed by atoms with Gasteiger partial charge in [0.25, 0.3) is 0 Å². The summed E-state index contributed by atoms with van der Waals surface area (Å²) in [5, 5.41) is 0. The summed E-state index contributed by atoms with van der Waals surface area (Å²) in [5.41, 5.74) is 2.49. The number of hydrogen-bond acceptors (Lipinski definition) is 1. The van der Waals surface area contributed by atoms with E-state index >= 15 is 0 Å². The number of benzene rings is 2. The Morgan fingerprint density at radius 2 is 1.68 bits per heavy atom. The minimum atomic E-state index is -0.174. The minimum Gasteiger partial charge on any atom is -0.371 e. The largest absolute Gasteiger partial charge is 0.371 e. The van der Waals surface area contributed by atoms with Gasteiger partial charge in [0.1, 0.15) is 5.82 Å². The molecule has 1 atom stereocenters. The van der Waals surface area contributed by atoms with Gasteiger partial charge < -0.3 is 4.90 Å². The molecule has 1 saturated heterocycles. The van der Waals surface area contributed by atoms with Gasteiger partial charge in [-0.1, -0.05) is 28.1 Å². The SMILES string of the molecule is Fc1ccc(N2CCC(c3ccc(Br)cc3)C2)cc1. The second-order valence-electron chi connectivity index (χ2n) is 4.96. The van der Waals surface area contributed by atoms with Crippen LogP contribution in [0, 0.1) is 5.82 Å². The molecule has 1 nitrogen and oxygen atoms in total. The van der Waals surface area contributed by atoms with Crippen LogP contribution in [0.3, 0.4) is 0 Å². The molecule has 2 aromatic rings. The summed E-state index contributed by atoms with van der Waals surface area (Å²) in [6, 6.07) is 15.3. The van der Waals surface area contributed by atoms with Gasteiger partial charge in [0.2, 0.25) is 0 Å². The average molecular weight is 320 g/mol. The molecule has 1 fully saturated rings. The van der Waals surface area contributed by atoms with E-state index in [2.05, 4.69) is 45.1 Å². The van der Waals surface area contributed by atoms with Crippen molar-refractivity contribution in [2.45, 2.75) is 12.3 Å². The first-order valence-electron chi connectivity index (χ1n) is 6.48. The fraction of sp³-hybridized carbons (Fsp3) is 0.250. The predicted octanol–water partition coefficient (Wildman–Crippen LogP) is 4.58. The van der Waals surface area contributed by atoms with Gasteiger partial charge in [0.15, 0.2) is 0 Å². The summed E-state index contributed by atoms with van der Waals surface area (Å²) in [7, 11) is 0. The number of halogens is 2. The van der Waals surface area contributed by atoms with Crippen LogP contribution in [-0.4, -0.2) is 13.1 Å². The van der Waals surface area contributed by atoms with Gasteiger partial charge in [-0.2, -0.15) is 0 Å². The van der Waals surface area contributed by atoms with Crippen molar-refractivity contribution in [1.29, 1.82) is 0 Å². The lowest BCUT2D eigenvalue weighted by atomic mass is 9.99. The summed E-state index contributed by atoms with van der Waals surface area (Å²) < 4.78 is 14.0. The Morgan fingerprint density at radius 1 is 1.00 bits per heavy atom. The monoisotopic (exact) mass is 319 g/mol. The fourth-order valence-corrected chi connectivity index (χ4v) is 2.92. The van der Waals surface area contributed by atoms with Gasteiger partial charge in [-0.25, -0.2) is 4.39 Å². The predicted molar refractivity (Wildman–Crippen MR) is 80.1 cm³/mol. The Hall–Kier alpha value is -1.35. The van der Waals surface area contributed by atoms with Gasteiger partial charge in [-0.05, 0) is 48.4 Å². The molecule has 0 bridgehead atoms. The molecular weight excluding hydrogens is 305 g/mol. The molecule has 0 aliphatic carbocycles. The van der Waals surface area contributed by atoms with Gasteiger partial charge in [0.05, 0.1) is 0 Å². The van der Waals surface area contributed by atoms with Crippen LogP contribution in [-0.2, 0) is 0 Å². The van der Waals surface area contributed by atoms with E-state index in [9.17, 15) is 4.39 Å². The molecule has 0 N–H and O–H groups in total. The van der Waals surface area contributed by atoms with Crippen LogP contribution in [0.1, 0.15) is 17.9 Å². The number of anilines is 1. The molecule has 3 rings (SSSR count). The summed E-state index contributed by atoms with van der Waals surface area (Å²) in [4.78, 5) is 2.33. The highest BCUT2D eigenvalue weighted by Crippen LogP contribution is 2.31. The van der Waals surface area contributed by atoms with Gasteiger partial charge in [0, 0.05) is 29.2 Å². The molecular formula is C16H15BrFN. The van der Waals surface area contributed by atoms with Gasteiger partial charge in [-0.15, -0.1) is 0 Å². The Bertz CT molecular complexity index is 498. The molecule has 0 saturated carbocycles. The molecule has 1 heterocycles. The standard InChI is InChI=1S/C16H15BrFN/c17-14-3-1-12(2-4-14)13-9-10-19(11-13)16-7-5-15(18)6-8-16/h1-8,13H,9-11H2. The fourth-order valence-electron chi connectivity index (χ4n) is 2.65. The molecule has 0 amide bonds. The lowest BCUT2D eigenvalue weighted by Crippen LogP contribution is -2.18. The molecule has 3 heteroatoms. The highest BCUT2D eigenvalue weighted by molar-refractivity contribution is 9.10. The average Bonchev–Trinajstić information content (AvgIpc) is 2.90. The summed E-state index contributed by atoms with van der Waals surface area (Å²) in [6.45, 7) is 2.04. The van der Waals surface area contributed by atoms with Crippen LogP contribution >= 0.6 is 15.9 Å². The molecule has 0 radical (unpaired) electrons. The van der Waals surface area contributed by atoms with E-state index in [1.54, 1.807) is 0 Å². The molecule has 0 spiro atoms. The van der Waals surface area contributed by atoms with Gasteiger partial charge in [-0.3, -0.25) is 0 Å². The molecule has 0 aromatic heterocycles. The van der Waals surface area contributed by atoms with Crippen molar-refractivity contribution in [3.8, 4) is 0 Å². The van der Waals surface area contributed by atoms with E-state index in [0.29, 0.717) is 5.92 Å². The van der Waals surface area contributed by atoms with Crippen molar-refractivity contribution >= 4 is 21.6 Å². The summed E-state index contributed by atoms with van der Waals surface area (Å²) >= 11 is 3.46. The first-order valence-corrected chi connectivity index (χ1v) is 7.27. The number of nitrogens with zero attached hydrogens (tertiary/aromatic N) is 1. The summed E-state index contributed by atoms with van der Waals surface area (Å²) in [6.07, 6.45) is 1.15. The van der Waals surface area contributed by atoms with Crippen molar-refractivity contribution in [1.82, 2.24) is 0 Å². The van der Waals surface area contributed by atoms with Crippen LogP contribution in [0.25, 0.3) is 0 Å². The molecule has 2 aromatic carbocycles. The van der Waals surface area contributed by atoms with Crippen molar-refractivity contribution in [3.05, 3.63) is 64.4 Å². The van der Waals surface area contributed by atoms with Crippen LogP contribution in [0.4, 0.5) is 10.1 Å². The van der Waals surface area contributed by atoms with Crippen LogP contribution < -0.4 is 4.90 Å². The first kappa shape index (κ1) is 12.7. The maximum atomic E-state index is 12.9. The Balaban J connectivity index is 1.73. The van der Waals surface area contributed by atoms with Crippen molar-refractivity contribution in [2.24, 2.45) is 0 Å². The normalized spacial score (nSPS) is 18.8. The van der Waals surface area contributed by atoms with Crippen LogP contribution in [0.2, 0.25) is 0 Å². The van der Waals surface area contributed by atoms with E-state index < -0.39 is 0 Å². The second-order valence-corrected chi connectivity index (χ2v) is 5.88. The molecule has 98 valence electrons. The van der Waals surface area contributed by atoms with Crippen LogP contribution in [0.15, 0.2) is 53.0 Å². The zero-order chi connectivity index (χ0) is 13.2. The molecule has 1 unspecified atom stereocenters. The van der Waals surface area contributed by atoms with E-state index in [1.165, 1.54) is 17.7 Å². The molecule has 1 aliphatic heterocycles. The third-order valence-electron chi connectivity index (χ3n) is 3.72. The summed E-state index contributed by atoms with van der Waals surface area (Å²) in [5.74, 6) is 0.394. The Morgan fingerprint density at radius 3 is 2.37 bits per heavy atom. The molecule has 1 aliphatic rings. The van der Waals surface area contributed by atoms with Crippen LogP contribution in [0.5, 0.6) is 0 Å². The molecule has 19 heavy (non-hydrogen) atoms. The van der Waals surface area contributed by atoms with Crippen molar-refractivity contribution in [2.75, 3.05) is 18.0 Å². The number of rotatable bonds is 2. The quantitative estimate of drug-likeness (QED) is 0.783. The van der Waals surface area contributed by atoms with E-state index in [4.69, 9.17) is 0 Å². The topological polar surface area (TPSA) is 3.24 Å². The van der Waals surface area contributed by atoms with Crippen molar-refractivity contribution in [3.63, 3.8) is 0 Å². The third kappa shape index (κ3) is 2.81. The lowest BCUT2D eigenvalue weighted by Gasteiger charge is -2.18. The van der Waals surface area contributed by atoms with E-state index in [-0.39, 0.29) is 5.82 Å².